The van der Waals surface area contributed by atoms with Gasteiger partial charge in [-0.25, -0.2) is 4.79 Å². The van der Waals surface area contributed by atoms with E-state index in [1.165, 1.54) is 0 Å². The van der Waals surface area contributed by atoms with Crippen LogP contribution in [0.1, 0.15) is 23.7 Å². The van der Waals surface area contributed by atoms with Gasteiger partial charge in [0, 0.05) is 11.5 Å². The molecule has 0 fully saturated rings. The average molecular weight is 310 g/mol. The molecule has 0 spiro atoms. The van der Waals surface area contributed by atoms with E-state index < -0.39 is 0 Å². The zero-order valence-electron chi connectivity index (χ0n) is 11.5. The Balaban J connectivity index is 2.27. The van der Waals surface area contributed by atoms with E-state index in [-0.39, 0.29) is 12.6 Å². The van der Waals surface area contributed by atoms with E-state index in [1.54, 1.807) is 45.9 Å². The Morgan fingerprint density at radius 1 is 1.25 bits per heavy atom. The second kappa shape index (κ2) is 10.5. The third-order valence-corrected chi connectivity index (χ3v) is 4.76. The van der Waals surface area contributed by atoms with Crippen molar-refractivity contribution in [2.45, 2.75) is 13.3 Å². The van der Waals surface area contributed by atoms with Gasteiger partial charge >= 0.3 is 5.97 Å². The van der Waals surface area contributed by atoms with Gasteiger partial charge in [-0.15, -0.1) is 6.42 Å². The van der Waals surface area contributed by atoms with Gasteiger partial charge in [-0.05, 0) is 30.7 Å². The number of terminal acetylenes is 1. The first-order chi connectivity index (χ1) is 9.77. The van der Waals surface area contributed by atoms with E-state index >= 15 is 0 Å². The molecule has 5 heteroatoms. The second-order valence-electron chi connectivity index (χ2n) is 3.80. The molecule has 0 saturated heterocycles. The minimum Gasteiger partial charge on any atom is -0.481 e. The zero-order chi connectivity index (χ0) is 14.6. The molecular weight excluding hydrogens is 292 g/mol. The highest BCUT2D eigenvalue weighted by atomic mass is 33.1. The molecule has 0 aromatic heterocycles. The summed E-state index contributed by atoms with van der Waals surface area (Å²) in [7, 11) is 3.53. The smallest absolute Gasteiger partial charge is 0.338 e. The minimum absolute atomic E-state index is 0.219. The highest BCUT2D eigenvalue weighted by molar-refractivity contribution is 8.76. The first-order valence-electron chi connectivity index (χ1n) is 6.35. The van der Waals surface area contributed by atoms with Gasteiger partial charge in [0.15, 0.2) is 0 Å². The molecule has 0 unspecified atom stereocenters. The Morgan fingerprint density at radius 3 is 2.60 bits per heavy atom. The average Bonchev–Trinajstić information content (AvgIpc) is 2.49. The van der Waals surface area contributed by atoms with Crippen molar-refractivity contribution in [1.29, 1.82) is 0 Å². The highest BCUT2D eigenvalue weighted by Crippen LogP contribution is 2.21. The largest absolute Gasteiger partial charge is 0.481 e. The minimum atomic E-state index is -0.311. The summed E-state index contributed by atoms with van der Waals surface area (Å²) in [5.74, 6) is 4.65. The maximum atomic E-state index is 11.7. The van der Waals surface area contributed by atoms with E-state index in [2.05, 4.69) is 12.8 Å². The Morgan fingerprint density at radius 2 is 1.95 bits per heavy atom. The molecule has 0 aliphatic rings. The lowest BCUT2D eigenvalue weighted by Crippen LogP contribution is -2.07. The lowest BCUT2D eigenvalue weighted by atomic mass is 10.2. The number of ether oxygens (including phenoxy) is 2. The molecule has 0 N–H and O–H groups in total. The topological polar surface area (TPSA) is 35.5 Å². The summed E-state index contributed by atoms with van der Waals surface area (Å²) < 4.78 is 10.4. The van der Waals surface area contributed by atoms with Crippen LogP contribution in [0.5, 0.6) is 5.75 Å². The fourth-order valence-electron chi connectivity index (χ4n) is 1.27. The number of esters is 1. The molecule has 1 aromatic carbocycles. The second-order valence-corrected chi connectivity index (χ2v) is 6.50. The molecule has 0 amide bonds. The summed E-state index contributed by atoms with van der Waals surface area (Å²) in [5, 5.41) is 0. The molecule has 0 aliphatic carbocycles. The molecule has 0 bridgehead atoms. The normalized spacial score (nSPS) is 9.80. The number of benzene rings is 1. The van der Waals surface area contributed by atoms with E-state index in [1.807, 2.05) is 0 Å². The van der Waals surface area contributed by atoms with Crippen LogP contribution >= 0.6 is 21.6 Å². The Bertz CT molecular complexity index is 437. The summed E-state index contributed by atoms with van der Waals surface area (Å²) in [6, 6.07) is 6.76. The maximum Gasteiger partial charge on any atom is 0.338 e. The quantitative estimate of drug-likeness (QED) is 0.301. The molecule has 0 saturated carbocycles. The van der Waals surface area contributed by atoms with Crippen molar-refractivity contribution in [3.8, 4) is 18.1 Å². The first kappa shape index (κ1) is 16.8. The van der Waals surface area contributed by atoms with Crippen LogP contribution in [0.4, 0.5) is 0 Å². The molecule has 0 atom stereocenters. The molecule has 1 aromatic rings. The predicted molar refractivity (Wildman–Crippen MR) is 86.3 cm³/mol. The third-order valence-electron chi connectivity index (χ3n) is 2.18. The van der Waals surface area contributed by atoms with Crippen LogP contribution in [0.2, 0.25) is 0 Å². The van der Waals surface area contributed by atoms with Crippen molar-refractivity contribution in [2.75, 3.05) is 24.7 Å². The van der Waals surface area contributed by atoms with Crippen molar-refractivity contribution < 1.29 is 14.3 Å². The fraction of sp³-hybridized carbons (Fsp3) is 0.400. The van der Waals surface area contributed by atoms with Gasteiger partial charge < -0.3 is 9.47 Å². The van der Waals surface area contributed by atoms with Gasteiger partial charge in [-0.1, -0.05) is 34.4 Å². The number of carbonyl (C=O) groups is 1. The van der Waals surface area contributed by atoms with Crippen LogP contribution in [-0.2, 0) is 4.74 Å². The number of carbonyl (C=O) groups excluding carboxylic acids is 1. The van der Waals surface area contributed by atoms with Crippen molar-refractivity contribution in [3.05, 3.63) is 29.8 Å². The van der Waals surface area contributed by atoms with Crippen LogP contribution in [0.15, 0.2) is 24.3 Å². The number of rotatable bonds is 9. The predicted octanol–water partition coefficient (Wildman–Crippen LogP) is 3.65. The maximum absolute atomic E-state index is 11.7. The Hall–Kier alpha value is -1.25. The standard InChI is InChI=1S/C15H18O3S2/c1-3-9-17-14-7-5-13(6-8-14)15(16)18-10-12-20-19-11-4-2/h1,5-8H,4,9-12H2,2H3. The SMILES string of the molecule is C#CCOc1ccc(C(=O)OCCSSCCC)cc1. The summed E-state index contributed by atoms with van der Waals surface area (Å²) in [5.41, 5.74) is 0.518. The number of hydrogen-bond donors (Lipinski definition) is 0. The molecule has 0 heterocycles. The lowest BCUT2D eigenvalue weighted by Gasteiger charge is -2.06. The van der Waals surface area contributed by atoms with Gasteiger partial charge in [0.05, 0.1) is 5.56 Å². The van der Waals surface area contributed by atoms with Crippen molar-refractivity contribution in [2.24, 2.45) is 0 Å². The monoisotopic (exact) mass is 310 g/mol. The molecule has 20 heavy (non-hydrogen) atoms. The van der Waals surface area contributed by atoms with Gasteiger partial charge in [0.1, 0.15) is 19.0 Å². The molecule has 3 nitrogen and oxygen atoms in total. The van der Waals surface area contributed by atoms with Gasteiger partial charge in [0.25, 0.3) is 0 Å². The molecule has 0 aliphatic heterocycles. The van der Waals surface area contributed by atoms with Crippen LogP contribution in [0.25, 0.3) is 0 Å². The van der Waals surface area contributed by atoms with E-state index in [0.29, 0.717) is 17.9 Å². The van der Waals surface area contributed by atoms with Gasteiger partial charge in [0.2, 0.25) is 0 Å². The molecule has 1 rings (SSSR count). The van der Waals surface area contributed by atoms with Crippen molar-refractivity contribution >= 4 is 27.6 Å². The molecule has 108 valence electrons. The summed E-state index contributed by atoms with van der Waals surface area (Å²) in [6.45, 7) is 2.79. The molecular formula is C15H18O3S2. The van der Waals surface area contributed by atoms with E-state index in [9.17, 15) is 4.79 Å². The van der Waals surface area contributed by atoms with Crippen LogP contribution in [0.3, 0.4) is 0 Å². The van der Waals surface area contributed by atoms with Crippen molar-refractivity contribution in [1.82, 2.24) is 0 Å². The van der Waals surface area contributed by atoms with E-state index in [4.69, 9.17) is 15.9 Å². The number of hydrogen-bond acceptors (Lipinski definition) is 5. The van der Waals surface area contributed by atoms with Crippen LogP contribution < -0.4 is 4.74 Å². The van der Waals surface area contributed by atoms with E-state index in [0.717, 1.165) is 17.9 Å². The fourth-order valence-corrected chi connectivity index (χ4v) is 3.23. The summed E-state index contributed by atoms with van der Waals surface area (Å²) >= 11 is 0. The third kappa shape index (κ3) is 6.78. The van der Waals surface area contributed by atoms with Gasteiger partial charge in [-0.3, -0.25) is 0 Å². The highest BCUT2D eigenvalue weighted by Gasteiger charge is 2.06. The summed E-state index contributed by atoms with van der Waals surface area (Å²) in [6.07, 6.45) is 6.26. The van der Waals surface area contributed by atoms with Crippen LogP contribution in [0, 0.1) is 12.3 Å². The summed E-state index contributed by atoms with van der Waals surface area (Å²) in [4.78, 5) is 11.7. The van der Waals surface area contributed by atoms with Crippen molar-refractivity contribution in [3.63, 3.8) is 0 Å². The van der Waals surface area contributed by atoms with Gasteiger partial charge in [-0.2, -0.15) is 0 Å². The molecule has 0 radical (unpaired) electrons. The van der Waals surface area contributed by atoms with Crippen LogP contribution in [-0.4, -0.2) is 30.7 Å². The lowest BCUT2D eigenvalue weighted by molar-refractivity contribution is 0.0530. The Labute approximate surface area is 128 Å². The zero-order valence-corrected chi connectivity index (χ0v) is 13.1. The first-order valence-corrected chi connectivity index (χ1v) is 8.84. The Kier molecular flexibility index (Phi) is 8.84.